The van der Waals surface area contributed by atoms with Crippen LogP contribution in [0.5, 0.6) is 0 Å². The van der Waals surface area contributed by atoms with Crippen molar-refractivity contribution in [3.63, 3.8) is 0 Å². The smallest absolute Gasteiger partial charge is 0.110 e. The minimum Gasteiger partial charge on any atom is -0.341 e. The van der Waals surface area contributed by atoms with Gasteiger partial charge in [0.2, 0.25) is 0 Å². The Labute approximate surface area is 238 Å². The van der Waals surface area contributed by atoms with Crippen molar-refractivity contribution in [3.8, 4) is 0 Å². The Morgan fingerprint density at radius 2 is 0.737 bits per heavy atom. The maximum Gasteiger partial charge on any atom is 0.110 e. The summed E-state index contributed by atoms with van der Waals surface area (Å²) in [6.45, 7) is 27.5. The van der Waals surface area contributed by atoms with Gasteiger partial charge in [0, 0.05) is 53.2 Å². The van der Waals surface area contributed by atoms with Gasteiger partial charge in [0.15, 0.2) is 0 Å². The minimum atomic E-state index is -0.310. The summed E-state index contributed by atoms with van der Waals surface area (Å²) in [4.78, 5) is 0. The molecule has 0 amide bonds. The van der Waals surface area contributed by atoms with Crippen LogP contribution in [0, 0.1) is 0 Å². The van der Waals surface area contributed by atoms with Gasteiger partial charge in [-0.05, 0) is 38.5 Å². The van der Waals surface area contributed by atoms with Gasteiger partial charge in [0.05, 0.1) is 19.8 Å². The zero-order chi connectivity index (χ0) is 27.7. The molecule has 6 saturated heterocycles. The van der Waals surface area contributed by atoms with Gasteiger partial charge in [0.25, 0.3) is 0 Å². The van der Waals surface area contributed by atoms with Crippen LogP contribution in [0.3, 0.4) is 0 Å². The van der Waals surface area contributed by atoms with E-state index in [0.717, 1.165) is 37.9 Å². The van der Waals surface area contributed by atoms with Crippen LogP contribution in [0.1, 0.15) is 114 Å². The summed E-state index contributed by atoms with van der Waals surface area (Å²) in [6.07, 6.45) is 11.0. The number of fused-ring (bicyclic) bond motifs is 3. The standard InChI is InChI=1S/2C10H20NOP.C9H18NOP/c2*1-10(2,3)13-11-7-5-4-6-9(11)8-12-13;1-9(2,3)12-10-6-4-5-8(10)7-11-12/h2*9H,4-8H2,1-3H3;8H,4-7H2,1-3H3. The van der Waals surface area contributed by atoms with Gasteiger partial charge in [0.1, 0.15) is 24.9 Å². The molecule has 6 rings (SSSR count). The highest BCUT2D eigenvalue weighted by Crippen LogP contribution is 2.61. The van der Waals surface area contributed by atoms with Gasteiger partial charge in [-0.2, -0.15) is 0 Å². The molecule has 6 heterocycles. The molecule has 0 aromatic heterocycles. The van der Waals surface area contributed by atoms with Crippen molar-refractivity contribution in [3.05, 3.63) is 0 Å². The SMILES string of the molecule is CC(C)(C)P1OCC2CCCCN21.CC(C)(C)P1OCC2CCCCN21.CC(C)(C)P1OCC2CCCN21. The molecule has 6 unspecified atom stereocenters. The minimum absolute atomic E-state index is 0.293. The fourth-order valence-corrected chi connectivity index (χ4v) is 13.7. The number of piperidine rings is 2. The van der Waals surface area contributed by atoms with E-state index in [9.17, 15) is 0 Å². The van der Waals surface area contributed by atoms with E-state index in [-0.39, 0.29) is 24.9 Å². The summed E-state index contributed by atoms with van der Waals surface area (Å²) >= 11 is 0. The summed E-state index contributed by atoms with van der Waals surface area (Å²) in [5.74, 6) is 0. The first-order valence-electron chi connectivity index (χ1n) is 15.4. The van der Waals surface area contributed by atoms with Gasteiger partial charge in [-0.1, -0.05) is 75.2 Å². The van der Waals surface area contributed by atoms with Crippen LogP contribution >= 0.6 is 24.9 Å². The fourth-order valence-electron chi connectivity index (χ4n) is 6.45. The normalized spacial score (nSPS) is 36.6. The lowest BCUT2D eigenvalue weighted by atomic mass is 10.1. The van der Waals surface area contributed by atoms with E-state index in [1.54, 1.807) is 0 Å². The Bertz CT molecular complexity index is 712. The Hall–Kier alpha value is 1.05. The molecule has 0 N–H and O–H groups in total. The highest BCUT2D eigenvalue weighted by atomic mass is 31.2. The third-order valence-corrected chi connectivity index (χ3v) is 15.7. The van der Waals surface area contributed by atoms with Crippen molar-refractivity contribution >= 4 is 24.9 Å². The van der Waals surface area contributed by atoms with E-state index >= 15 is 0 Å². The molecule has 38 heavy (non-hydrogen) atoms. The van der Waals surface area contributed by atoms with Crippen LogP contribution in [0.15, 0.2) is 0 Å². The van der Waals surface area contributed by atoms with Crippen molar-refractivity contribution in [2.75, 3.05) is 39.5 Å². The molecule has 6 atom stereocenters. The predicted molar refractivity (Wildman–Crippen MR) is 166 cm³/mol. The van der Waals surface area contributed by atoms with Crippen LogP contribution in [0.2, 0.25) is 0 Å². The average Bonchev–Trinajstić information content (AvgIpc) is 3.60. The largest absolute Gasteiger partial charge is 0.341 e. The average molecular weight is 590 g/mol. The van der Waals surface area contributed by atoms with E-state index in [2.05, 4.69) is 76.3 Å². The summed E-state index contributed by atoms with van der Waals surface area (Å²) in [6, 6.07) is 2.26. The fraction of sp³-hybridized carbons (Fsp3) is 1.00. The first-order chi connectivity index (χ1) is 17.8. The van der Waals surface area contributed by atoms with Crippen molar-refractivity contribution in [2.24, 2.45) is 0 Å². The number of rotatable bonds is 0. The molecule has 0 aliphatic carbocycles. The lowest BCUT2D eigenvalue weighted by molar-refractivity contribution is 0.257. The molecular formula is C29H58N3O3P3. The maximum atomic E-state index is 5.96. The quantitative estimate of drug-likeness (QED) is 0.264. The molecular weight excluding hydrogens is 531 g/mol. The van der Waals surface area contributed by atoms with Crippen molar-refractivity contribution in [1.29, 1.82) is 0 Å². The molecule has 6 fully saturated rings. The van der Waals surface area contributed by atoms with Gasteiger partial charge in [-0.15, -0.1) is 0 Å². The highest BCUT2D eigenvalue weighted by Gasteiger charge is 2.45. The Morgan fingerprint density at radius 1 is 0.447 bits per heavy atom. The van der Waals surface area contributed by atoms with Gasteiger partial charge in [-0.25, -0.2) is 0 Å². The van der Waals surface area contributed by atoms with Crippen LogP contribution < -0.4 is 0 Å². The van der Waals surface area contributed by atoms with E-state index < -0.39 is 0 Å². The second kappa shape index (κ2) is 13.1. The Morgan fingerprint density at radius 3 is 1.05 bits per heavy atom. The second-order valence-corrected chi connectivity index (χ2v) is 22.8. The molecule has 9 heteroatoms. The lowest BCUT2D eigenvalue weighted by Gasteiger charge is -2.37. The van der Waals surface area contributed by atoms with E-state index in [1.807, 2.05) is 0 Å². The van der Waals surface area contributed by atoms with E-state index in [4.69, 9.17) is 13.6 Å². The monoisotopic (exact) mass is 589 g/mol. The molecule has 6 aliphatic rings. The first kappa shape index (κ1) is 32.0. The topological polar surface area (TPSA) is 37.4 Å². The number of nitrogens with zero attached hydrogens (tertiary/aromatic N) is 3. The molecule has 0 spiro atoms. The highest BCUT2D eigenvalue weighted by molar-refractivity contribution is 7.52. The summed E-state index contributed by atoms with van der Waals surface area (Å²) in [7, 11) is -0.914. The predicted octanol–water partition coefficient (Wildman–Crippen LogP) is 8.55. The molecule has 0 radical (unpaired) electrons. The van der Waals surface area contributed by atoms with E-state index in [1.165, 1.54) is 71.0 Å². The Balaban J connectivity index is 0.000000133. The molecule has 222 valence electrons. The number of hydrogen-bond acceptors (Lipinski definition) is 6. The summed E-state index contributed by atoms with van der Waals surface area (Å²) in [5.41, 5.74) is 0. The molecule has 0 aromatic rings. The van der Waals surface area contributed by atoms with Crippen molar-refractivity contribution in [1.82, 2.24) is 14.0 Å². The second-order valence-electron chi connectivity index (χ2n) is 14.8. The van der Waals surface area contributed by atoms with Crippen molar-refractivity contribution < 1.29 is 13.6 Å². The molecule has 0 bridgehead atoms. The molecule has 6 aliphatic heterocycles. The lowest BCUT2D eigenvalue weighted by Crippen LogP contribution is -2.35. The first-order valence-corrected chi connectivity index (χ1v) is 19.0. The Kier molecular flexibility index (Phi) is 11.1. The van der Waals surface area contributed by atoms with E-state index in [0.29, 0.717) is 15.5 Å². The molecule has 0 aromatic carbocycles. The molecule has 6 nitrogen and oxygen atoms in total. The summed E-state index contributed by atoms with van der Waals surface area (Å²) < 4.78 is 25.7. The zero-order valence-corrected chi connectivity index (χ0v) is 28.7. The van der Waals surface area contributed by atoms with Crippen molar-refractivity contribution in [2.45, 2.75) is 147 Å². The van der Waals surface area contributed by atoms with Crippen LogP contribution in [-0.4, -0.2) is 87.1 Å². The van der Waals surface area contributed by atoms with Crippen LogP contribution in [-0.2, 0) is 13.6 Å². The zero-order valence-electron chi connectivity index (χ0n) is 26.0. The third-order valence-electron chi connectivity index (χ3n) is 8.13. The van der Waals surface area contributed by atoms with Crippen LogP contribution in [0.4, 0.5) is 0 Å². The summed E-state index contributed by atoms with van der Waals surface area (Å²) in [5, 5.41) is 1.01. The molecule has 0 saturated carbocycles. The number of hydrogen-bond donors (Lipinski definition) is 0. The van der Waals surface area contributed by atoms with Gasteiger partial charge >= 0.3 is 0 Å². The van der Waals surface area contributed by atoms with Gasteiger partial charge < -0.3 is 13.6 Å². The van der Waals surface area contributed by atoms with Crippen LogP contribution in [0.25, 0.3) is 0 Å². The third kappa shape index (κ3) is 7.90. The maximum absolute atomic E-state index is 5.96. The van der Waals surface area contributed by atoms with Gasteiger partial charge in [-0.3, -0.25) is 14.0 Å².